The lowest BCUT2D eigenvalue weighted by Gasteiger charge is -2.29. The fourth-order valence-corrected chi connectivity index (χ4v) is 7.49. The second-order valence-electron chi connectivity index (χ2n) is 13.3. The summed E-state index contributed by atoms with van der Waals surface area (Å²) in [6, 6.07) is 10.8. The van der Waals surface area contributed by atoms with Gasteiger partial charge in [-0.15, -0.1) is 0 Å². The number of fused-ring (bicyclic) bond motifs is 4. The molecule has 1 aliphatic carbocycles. The number of hydrogen-bond acceptors (Lipinski definition) is 7. The van der Waals surface area contributed by atoms with Gasteiger partial charge in [0.2, 0.25) is 0 Å². The first-order chi connectivity index (χ1) is 21.5. The molecule has 7 rings (SSSR count). The first-order valence-corrected chi connectivity index (χ1v) is 19.3. The van der Waals surface area contributed by atoms with Gasteiger partial charge in [0.1, 0.15) is 34.6 Å². The molecule has 13 heteroatoms. The highest BCUT2D eigenvalue weighted by molar-refractivity contribution is 6.76. The van der Waals surface area contributed by atoms with Gasteiger partial charge in [-0.3, -0.25) is 9.67 Å². The minimum absolute atomic E-state index is 0.0567. The monoisotopic (exact) mass is 645 g/mol. The normalized spacial score (nSPS) is 19.7. The molecule has 1 saturated heterocycles. The van der Waals surface area contributed by atoms with Crippen LogP contribution in [0.5, 0.6) is 11.5 Å². The van der Waals surface area contributed by atoms with Crippen LogP contribution < -0.4 is 4.74 Å². The van der Waals surface area contributed by atoms with Gasteiger partial charge >= 0.3 is 6.09 Å². The van der Waals surface area contributed by atoms with Gasteiger partial charge in [0.25, 0.3) is 0 Å². The van der Waals surface area contributed by atoms with Gasteiger partial charge in [-0.25, -0.2) is 14.8 Å². The highest BCUT2D eigenvalue weighted by atomic mass is 35.5. The molecule has 2 bridgehead atoms. The standard InChI is InChI=1S/C32H36ClN7O4Si/c1-19-36-24-6-5-23(13-28(24)39(19)18-43-9-10-45(2,3)4)44-29-8-7-25-31(30(29)33)37-26(15-34-25)21-14-35-40(17-21)27-12-22-11-20(27)16-38(22)32(41)42/h5-8,13-15,17,20,22,27H,9-12,16,18H2,1-4H3,(H,41,42). The van der Waals surface area contributed by atoms with E-state index < -0.39 is 14.2 Å². The van der Waals surface area contributed by atoms with Gasteiger partial charge in [0.15, 0.2) is 0 Å². The molecule has 234 valence electrons. The number of carbonyl (C=O) groups is 1. The largest absolute Gasteiger partial charge is 0.465 e. The van der Waals surface area contributed by atoms with Crippen molar-refractivity contribution in [1.29, 1.82) is 0 Å². The Bertz CT molecular complexity index is 1920. The predicted molar refractivity (Wildman–Crippen MR) is 175 cm³/mol. The number of piperidine rings is 1. The summed E-state index contributed by atoms with van der Waals surface area (Å²) < 4.78 is 16.3. The third-order valence-corrected chi connectivity index (χ3v) is 11.0. The second kappa shape index (κ2) is 11.4. The SMILES string of the molecule is Cc1nc2ccc(Oc3ccc4ncc(-c5cnn(C6CC7CC6CN7C(=O)O)c5)nc4c3Cl)cc2n1COCC[Si](C)(C)C. The predicted octanol–water partition coefficient (Wildman–Crippen LogP) is 7.22. The molecular formula is C32H36ClN7O4Si. The number of aromatic nitrogens is 6. The Hall–Kier alpha value is -4.00. The minimum atomic E-state index is -1.17. The van der Waals surface area contributed by atoms with Crippen LogP contribution in [-0.2, 0) is 11.5 Å². The van der Waals surface area contributed by atoms with Crippen LogP contribution in [-0.4, -0.2) is 72.7 Å². The molecule has 4 heterocycles. The third-order valence-electron chi connectivity index (χ3n) is 8.96. The van der Waals surface area contributed by atoms with Gasteiger partial charge < -0.3 is 24.0 Å². The molecule has 1 aliphatic heterocycles. The van der Waals surface area contributed by atoms with Crippen LogP contribution in [0.25, 0.3) is 33.3 Å². The maximum atomic E-state index is 11.5. The summed E-state index contributed by atoms with van der Waals surface area (Å²) in [6.45, 7) is 10.7. The Morgan fingerprint density at radius 1 is 1.11 bits per heavy atom. The Kier molecular flexibility index (Phi) is 7.53. The van der Waals surface area contributed by atoms with Gasteiger partial charge in [0.05, 0.1) is 40.7 Å². The number of hydrogen-bond donors (Lipinski definition) is 1. The molecule has 45 heavy (non-hydrogen) atoms. The van der Waals surface area contributed by atoms with E-state index in [0.29, 0.717) is 46.5 Å². The molecular weight excluding hydrogens is 610 g/mol. The Balaban J connectivity index is 1.10. The number of aryl methyl sites for hydroxylation is 1. The molecule has 0 spiro atoms. The number of halogens is 1. The number of imidazole rings is 1. The Morgan fingerprint density at radius 2 is 1.93 bits per heavy atom. The number of likely N-dealkylation sites (tertiary alicyclic amines) is 1. The van der Waals surface area contributed by atoms with Crippen LogP contribution in [0.15, 0.2) is 48.9 Å². The maximum Gasteiger partial charge on any atom is 0.407 e. The molecule has 2 aromatic carbocycles. The topological polar surface area (TPSA) is 120 Å². The van der Waals surface area contributed by atoms with E-state index in [1.54, 1.807) is 23.4 Å². The van der Waals surface area contributed by atoms with Gasteiger partial charge in [0, 0.05) is 51.0 Å². The maximum absolute atomic E-state index is 11.5. The van der Waals surface area contributed by atoms with Crippen molar-refractivity contribution in [2.45, 2.75) is 64.3 Å². The van der Waals surface area contributed by atoms with Crippen LogP contribution in [0.3, 0.4) is 0 Å². The number of amides is 1. The first-order valence-electron chi connectivity index (χ1n) is 15.3. The summed E-state index contributed by atoms with van der Waals surface area (Å²) in [5.74, 6) is 2.25. The zero-order valence-electron chi connectivity index (χ0n) is 25.8. The van der Waals surface area contributed by atoms with Crippen molar-refractivity contribution in [2.24, 2.45) is 5.92 Å². The van der Waals surface area contributed by atoms with E-state index in [2.05, 4.69) is 34.3 Å². The van der Waals surface area contributed by atoms with Gasteiger partial charge in [-0.2, -0.15) is 5.10 Å². The van der Waals surface area contributed by atoms with Crippen LogP contribution in [0.1, 0.15) is 24.7 Å². The molecule has 2 aliphatic rings. The fourth-order valence-electron chi connectivity index (χ4n) is 6.49. The molecule has 11 nitrogen and oxygen atoms in total. The molecule has 2 fully saturated rings. The average Bonchev–Trinajstić information content (AvgIpc) is 3.79. The zero-order chi connectivity index (χ0) is 31.5. The van der Waals surface area contributed by atoms with Crippen molar-refractivity contribution in [2.75, 3.05) is 13.2 Å². The number of rotatable bonds is 9. The van der Waals surface area contributed by atoms with Crippen molar-refractivity contribution >= 4 is 47.8 Å². The van der Waals surface area contributed by atoms with Crippen molar-refractivity contribution < 1.29 is 19.4 Å². The highest BCUT2D eigenvalue weighted by Crippen LogP contribution is 2.45. The quantitative estimate of drug-likeness (QED) is 0.132. The van der Waals surface area contributed by atoms with Crippen LogP contribution in [0.2, 0.25) is 30.7 Å². The molecule has 3 aromatic heterocycles. The fraction of sp³-hybridized carbons (Fsp3) is 0.406. The van der Waals surface area contributed by atoms with E-state index in [-0.39, 0.29) is 18.0 Å². The van der Waals surface area contributed by atoms with E-state index in [4.69, 9.17) is 31.0 Å². The molecule has 5 aromatic rings. The Labute approximate surface area is 266 Å². The minimum Gasteiger partial charge on any atom is -0.465 e. The van der Waals surface area contributed by atoms with Crippen molar-refractivity contribution in [3.05, 3.63) is 59.8 Å². The average molecular weight is 646 g/mol. The van der Waals surface area contributed by atoms with Crippen LogP contribution in [0.4, 0.5) is 4.79 Å². The summed E-state index contributed by atoms with van der Waals surface area (Å²) in [7, 11) is -1.17. The third kappa shape index (κ3) is 5.77. The number of nitrogens with zero attached hydrogens (tertiary/aromatic N) is 7. The molecule has 1 saturated carbocycles. The van der Waals surface area contributed by atoms with Crippen LogP contribution in [0, 0.1) is 12.8 Å². The van der Waals surface area contributed by atoms with Crippen molar-refractivity contribution in [1.82, 2.24) is 34.2 Å². The van der Waals surface area contributed by atoms with E-state index in [1.165, 1.54) is 0 Å². The summed E-state index contributed by atoms with van der Waals surface area (Å²) in [5.41, 5.74) is 4.47. The number of benzene rings is 2. The van der Waals surface area contributed by atoms with Crippen molar-refractivity contribution in [3.8, 4) is 22.8 Å². The summed E-state index contributed by atoms with van der Waals surface area (Å²) in [6.07, 6.45) is 6.27. The molecule has 1 N–H and O–H groups in total. The molecule has 3 atom stereocenters. The van der Waals surface area contributed by atoms with Crippen LogP contribution >= 0.6 is 11.6 Å². The second-order valence-corrected chi connectivity index (χ2v) is 19.3. The highest BCUT2D eigenvalue weighted by Gasteiger charge is 2.47. The molecule has 3 unspecified atom stereocenters. The van der Waals surface area contributed by atoms with E-state index >= 15 is 0 Å². The lowest BCUT2D eigenvalue weighted by molar-refractivity contribution is 0.0885. The van der Waals surface area contributed by atoms with E-state index in [1.807, 2.05) is 42.1 Å². The van der Waals surface area contributed by atoms with Gasteiger partial charge in [-0.1, -0.05) is 31.2 Å². The molecule has 1 amide bonds. The van der Waals surface area contributed by atoms with E-state index in [9.17, 15) is 9.90 Å². The summed E-state index contributed by atoms with van der Waals surface area (Å²) >= 11 is 6.88. The van der Waals surface area contributed by atoms with Gasteiger partial charge in [-0.05, 0) is 50.1 Å². The smallest absolute Gasteiger partial charge is 0.407 e. The lowest BCUT2D eigenvalue weighted by atomic mass is 10.0. The summed E-state index contributed by atoms with van der Waals surface area (Å²) in [4.78, 5) is 27.2. The summed E-state index contributed by atoms with van der Waals surface area (Å²) in [5, 5.41) is 14.4. The Morgan fingerprint density at radius 3 is 2.69 bits per heavy atom. The zero-order valence-corrected chi connectivity index (χ0v) is 27.5. The number of carboxylic acid groups (broad SMARTS) is 1. The van der Waals surface area contributed by atoms with E-state index in [0.717, 1.165) is 47.9 Å². The first kappa shape index (κ1) is 29.7. The number of ether oxygens (including phenoxy) is 2. The lowest BCUT2D eigenvalue weighted by Crippen LogP contribution is -2.39. The van der Waals surface area contributed by atoms with Crippen molar-refractivity contribution in [3.63, 3.8) is 0 Å². The molecule has 0 radical (unpaired) electrons.